The Morgan fingerprint density at radius 2 is 2.14 bits per heavy atom. The fraction of sp³-hybridized carbons (Fsp3) is 0.647. The first-order valence-electron chi connectivity index (χ1n) is 7.92. The summed E-state index contributed by atoms with van der Waals surface area (Å²) >= 11 is 0. The average molecular weight is 292 g/mol. The Morgan fingerprint density at radius 3 is 2.86 bits per heavy atom. The van der Waals surface area contributed by atoms with Crippen LogP contribution in [0.2, 0.25) is 0 Å². The molecule has 0 radical (unpaired) electrons. The van der Waals surface area contributed by atoms with Crippen molar-refractivity contribution in [2.24, 2.45) is 5.73 Å². The molecular weight excluding hydrogens is 264 g/mol. The Balaban J connectivity index is 2.02. The maximum atomic E-state index is 6.10. The maximum Gasteiger partial charge on any atom is 0.142 e. The van der Waals surface area contributed by atoms with Gasteiger partial charge in [0.15, 0.2) is 0 Å². The van der Waals surface area contributed by atoms with E-state index >= 15 is 0 Å². The van der Waals surface area contributed by atoms with Gasteiger partial charge >= 0.3 is 0 Å². The zero-order valence-electron chi connectivity index (χ0n) is 13.5. The van der Waals surface area contributed by atoms with Crippen LogP contribution < -0.4 is 15.4 Å². The first-order chi connectivity index (χ1) is 10.1. The van der Waals surface area contributed by atoms with Crippen LogP contribution in [0.4, 0.5) is 5.69 Å². The molecule has 0 aromatic heterocycles. The second kappa shape index (κ2) is 7.66. The molecule has 1 aromatic carbocycles. The molecule has 0 spiro atoms. The zero-order valence-corrected chi connectivity index (χ0v) is 13.5. The smallest absolute Gasteiger partial charge is 0.142 e. The van der Waals surface area contributed by atoms with Gasteiger partial charge in [0, 0.05) is 19.1 Å². The van der Waals surface area contributed by atoms with Gasteiger partial charge in [-0.1, -0.05) is 6.07 Å². The number of hydrogen-bond donors (Lipinski definition) is 1. The van der Waals surface area contributed by atoms with Gasteiger partial charge in [0.2, 0.25) is 0 Å². The van der Waals surface area contributed by atoms with E-state index in [-0.39, 0.29) is 12.1 Å². The standard InChI is InChI=1S/C17H28N2O2/c1-13(2)20-9-10-21-17-7-6-14(3)11-16(17)19-8-4-5-15(18)12-19/h6-7,11,13,15H,4-5,8-10,12,18H2,1-3H3. The lowest BCUT2D eigenvalue weighted by Crippen LogP contribution is -2.43. The number of rotatable bonds is 6. The first kappa shape index (κ1) is 16.1. The van der Waals surface area contributed by atoms with E-state index in [9.17, 15) is 0 Å². The molecule has 4 heteroatoms. The molecule has 1 aliphatic rings. The van der Waals surface area contributed by atoms with E-state index in [2.05, 4.69) is 30.0 Å². The van der Waals surface area contributed by atoms with E-state index in [1.807, 2.05) is 13.8 Å². The van der Waals surface area contributed by atoms with Crippen LogP contribution in [0.25, 0.3) is 0 Å². The molecular formula is C17H28N2O2. The molecule has 0 saturated carbocycles. The molecule has 1 aliphatic heterocycles. The summed E-state index contributed by atoms with van der Waals surface area (Å²) in [4.78, 5) is 2.35. The van der Waals surface area contributed by atoms with Crippen LogP contribution in [0.1, 0.15) is 32.3 Å². The highest BCUT2D eigenvalue weighted by molar-refractivity contribution is 5.60. The van der Waals surface area contributed by atoms with Gasteiger partial charge in [-0.2, -0.15) is 0 Å². The minimum atomic E-state index is 0.242. The fourth-order valence-electron chi connectivity index (χ4n) is 2.66. The molecule has 1 unspecified atom stereocenters. The van der Waals surface area contributed by atoms with Crippen molar-refractivity contribution in [3.63, 3.8) is 0 Å². The first-order valence-corrected chi connectivity index (χ1v) is 7.92. The van der Waals surface area contributed by atoms with Crippen molar-refractivity contribution in [3.8, 4) is 5.75 Å². The summed E-state index contributed by atoms with van der Waals surface area (Å²) in [6.45, 7) is 9.33. The predicted molar refractivity (Wildman–Crippen MR) is 87.2 cm³/mol. The van der Waals surface area contributed by atoms with Gasteiger partial charge in [0.1, 0.15) is 12.4 Å². The molecule has 1 aromatic rings. The van der Waals surface area contributed by atoms with Crippen molar-refractivity contribution in [1.82, 2.24) is 0 Å². The second-order valence-corrected chi connectivity index (χ2v) is 6.09. The summed E-state index contributed by atoms with van der Waals surface area (Å²) in [5.41, 5.74) is 8.51. The highest BCUT2D eigenvalue weighted by Gasteiger charge is 2.20. The van der Waals surface area contributed by atoms with E-state index in [0.717, 1.165) is 37.4 Å². The van der Waals surface area contributed by atoms with Gasteiger partial charge in [-0.15, -0.1) is 0 Å². The Labute approximate surface area is 128 Å². The zero-order chi connectivity index (χ0) is 15.2. The minimum absolute atomic E-state index is 0.242. The largest absolute Gasteiger partial charge is 0.489 e. The number of anilines is 1. The molecule has 21 heavy (non-hydrogen) atoms. The Morgan fingerprint density at radius 1 is 1.33 bits per heavy atom. The Bertz CT molecular complexity index is 448. The van der Waals surface area contributed by atoms with E-state index in [1.165, 1.54) is 5.56 Å². The van der Waals surface area contributed by atoms with E-state index in [1.54, 1.807) is 0 Å². The van der Waals surface area contributed by atoms with Crippen LogP contribution >= 0.6 is 0 Å². The number of ether oxygens (including phenoxy) is 2. The fourth-order valence-corrected chi connectivity index (χ4v) is 2.66. The predicted octanol–water partition coefficient (Wildman–Crippen LogP) is 2.73. The third-order valence-corrected chi connectivity index (χ3v) is 3.71. The van der Waals surface area contributed by atoms with Crippen molar-refractivity contribution < 1.29 is 9.47 Å². The summed E-state index contributed by atoms with van der Waals surface area (Å²) in [7, 11) is 0. The number of hydrogen-bond acceptors (Lipinski definition) is 4. The molecule has 1 fully saturated rings. The van der Waals surface area contributed by atoms with Crippen molar-refractivity contribution in [2.45, 2.75) is 45.8 Å². The molecule has 0 aliphatic carbocycles. The number of benzene rings is 1. The molecule has 4 nitrogen and oxygen atoms in total. The van der Waals surface area contributed by atoms with Crippen molar-refractivity contribution in [3.05, 3.63) is 23.8 Å². The number of nitrogens with zero attached hydrogens (tertiary/aromatic N) is 1. The summed E-state index contributed by atoms with van der Waals surface area (Å²) in [6, 6.07) is 6.60. The second-order valence-electron chi connectivity index (χ2n) is 6.09. The molecule has 1 atom stereocenters. The van der Waals surface area contributed by atoms with Crippen molar-refractivity contribution >= 4 is 5.69 Å². The molecule has 2 rings (SSSR count). The summed E-state index contributed by atoms with van der Waals surface area (Å²) in [5.74, 6) is 0.932. The van der Waals surface area contributed by atoms with Crippen LogP contribution in [0.15, 0.2) is 18.2 Å². The SMILES string of the molecule is Cc1ccc(OCCOC(C)C)c(N2CCCC(N)C2)c1. The van der Waals surface area contributed by atoms with Crippen LogP contribution in [0, 0.1) is 6.92 Å². The molecule has 0 bridgehead atoms. The number of aryl methyl sites for hydroxylation is 1. The number of piperidine rings is 1. The van der Waals surface area contributed by atoms with E-state index < -0.39 is 0 Å². The van der Waals surface area contributed by atoms with Gasteiger partial charge in [-0.3, -0.25) is 0 Å². The van der Waals surface area contributed by atoms with Crippen molar-refractivity contribution in [2.75, 3.05) is 31.2 Å². The molecule has 2 N–H and O–H groups in total. The number of nitrogens with two attached hydrogens (primary N) is 1. The summed E-state index contributed by atoms with van der Waals surface area (Å²) in [5, 5.41) is 0. The third kappa shape index (κ3) is 4.90. The third-order valence-electron chi connectivity index (χ3n) is 3.71. The summed E-state index contributed by atoms with van der Waals surface area (Å²) in [6.07, 6.45) is 2.50. The Kier molecular flexibility index (Phi) is 5.88. The monoisotopic (exact) mass is 292 g/mol. The maximum absolute atomic E-state index is 6.10. The minimum Gasteiger partial charge on any atom is -0.489 e. The molecule has 1 heterocycles. The lowest BCUT2D eigenvalue weighted by Gasteiger charge is -2.33. The van der Waals surface area contributed by atoms with Gasteiger partial charge in [-0.05, 0) is 51.3 Å². The molecule has 1 saturated heterocycles. The van der Waals surface area contributed by atoms with Crippen LogP contribution in [-0.4, -0.2) is 38.4 Å². The van der Waals surface area contributed by atoms with Gasteiger partial charge < -0.3 is 20.1 Å². The molecule has 0 amide bonds. The lowest BCUT2D eigenvalue weighted by atomic mass is 10.0. The Hall–Kier alpha value is -1.26. The highest BCUT2D eigenvalue weighted by atomic mass is 16.5. The molecule has 118 valence electrons. The van der Waals surface area contributed by atoms with Gasteiger partial charge in [0.05, 0.1) is 18.4 Å². The lowest BCUT2D eigenvalue weighted by molar-refractivity contribution is 0.0553. The normalized spacial score (nSPS) is 19.1. The van der Waals surface area contributed by atoms with E-state index in [0.29, 0.717) is 13.2 Å². The van der Waals surface area contributed by atoms with Crippen LogP contribution in [0.3, 0.4) is 0 Å². The topological polar surface area (TPSA) is 47.7 Å². The highest BCUT2D eigenvalue weighted by Crippen LogP contribution is 2.31. The van der Waals surface area contributed by atoms with Crippen LogP contribution in [-0.2, 0) is 4.74 Å². The van der Waals surface area contributed by atoms with Gasteiger partial charge in [0.25, 0.3) is 0 Å². The van der Waals surface area contributed by atoms with Crippen molar-refractivity contribution in [1.29, 1.82) is 0 Å². The quantitative estimate of drug-likeness (QED) is 0.819. The van der Waals surface area contributed by atoms with E-state index in [4.69, 9.17) is 15.2 Å². The summed E-state index contributed by atoms with van der Waals surface area (Å²) < 4.78 is 11.5. The average Bonchev–Trinajstić information content (AvgIpc) is 2.44. The van der Waals surface area contributed by atoms with Gasteiger partial charge in [-0.25, -0.2) is 0 Å². The van der Waals surface area contributed by atoms with Crippen LogP contribution in [0.5, 0.6) is 5.75 Å².